The molecule has 1 aromatic carbocycles. The first-order valence-corrected chi connectivity index (χ1v) is 12.0. The lowest BCUT2D eigenvalue weighted by Gasteiger charge is -2.40. The Kier molecular flexibility index (Phi) is 5.99. The Bertz CT molecular complexity index is 950. The Hall–Kier alpha value is -2.31. The molecule has 2 N–H and O–H groups in total. The molecule has 172 valence electrons. The van der Waals surface area contributed by atoms with E-state index in [2.05, 4.69) is 35.3 Å². The summed E-state index contributed by atoms with van der Waals surface area (Å²) in [4.78, 5) is 15.4. The normalized spacial score (nSPS) is 21.5. The molecule has 0 atom stereocenters. The smallest absolute Gasteiger partial charge is 0.291 e. The van der Waals surface area contributed by atoms with Crippen LogP contribution in [0.1, 0.15) is 79.2 Å². The third-order valence-corrected chi connectivity index (χ3v) is 7.48. The van der Waals surface area contributed by atoms with Gasteiger partial charge in [0.1, 0.15) is 5.76 Å². The number of aliphatic hydroxyl groups is 1. The van der Waals surface area contributed by atoms with Gasteiger partial charge < -0.3 is 24.5 Å². The first-order chi connectivity index (χ1) is 15.5. The molecule has 5 rings (SSSR count). The molecule has 2 saturated heterocycles. The van der Waals surface area contributed by atoms with Crippen molar-refractivity contribution in [3.8, 4) is 0 Å². The fraction of sp³-hybridized carbons (Fsp3) is 0.577. The molecule has 0 unspecified atom stereocenters. The molecule has 3 aliphatic rings. The predicted octanol–water partition coefficient (Wildman–Crippen LogP) is 4.90. The highest BCUT2D eigenvalue weighted by molar-refractivity contribution is 6.04. The zero-order valence-electron chi connectivity index (χ0n) is 18.9. The van der Waals surface area contributed by atoms with Gasteiger partial charge in [-0.1, -0.05) is 13.0 Å². The van der Waals surface area contributed by atoms with Crippen LogP contribution < -0.4 is 10.2 Å². The second-order valence-corrected chi connectivity index (χ2v) is 10.0. The van der Waals surface area contributed by atoms with E-state index in [1.807, 2.05) is 6.07 Å². The Balaban J connectivity index is 1.34. The van der Waals surface area contributed by atoms with E-state index < -0.39 is 0 Å². The third kappa shape index (κ3) is 4.57. The minimum Gasteiger partial charge on any atom is -0.456 e. The van der Waals surface area contributed by atoms with Crippen LogP contribution in [0.5, 0.6) is 0 Å². The Morgan fingerprint density at radius 3 is 2.53 bits per heavy atom. The summed E-state index contributed by atoms with van der Waals surface area (Å²) in [5.41, 5.74) is 3.20. The number of carbonyl (C=O) groups is 1. The second-order valence-electron chi connectivity index (χ2n) is 10.0. The summed E-state index contributed by atoms with van der Waals surface area (Å²) >= 11 is 0. The third-order valence-electron chi connectivity index (χ3n) is 7.48. The van der Waals surface area contributed by atoms with E-state index in [0.29, 0.717) is 17.6 Å². The summed E-state index contributed by atoms with van der Waals surface area (Å²) in [7, 11) is 0. The van der Waals surface area contributed by atoms with E-state index in [1.165, 1.54) is 18.4 Å². The number of nitrogens with one attached hydrogen (secondary N) is 1. The highest BCUT2D eigenvalue weighted by atomic mass is 16.5. The summed E-state index contributed by atoms with van der Waals surface area (Å²) in [6.45, 7) is 5.61. The van der Waals surface area contributed by atoms with Crippen molar-refractivity contribution in [3.63, 3.8) is 0 Å². The van der Waals surface area contributed by atoms with E-state index in [4.69, 9.17) is 9.15 Å². The number of aliphatic hydroxyl groups excluding tert-OH is 1. The molecule has 1 saturated carbocycles. The molecule has 32 heavy (non-hydrogen) atoms. The van der Waals surface area contributed by atoms with Gasteiger partial charge in [0.15, 0.2) is 5.76 Å². The van der Waals surface area contributed by atoms with E-state index in [1.54, 1.807) is 6.07 Å². The van der Waals surface area contributed by atoms with Crippen LogP contribution in [0.25, 0.3) is 0 Å². The van der Waals surface area contributed by atoms with Gasteiger partial charge in [0.05, 0.1) is 11.4 Å². The van der Waals surface area contributed by atoms with Gasteiger partial charge in [-0.3, -0.25) is 4.79 Å². The van der Waals surface area contributed by atoms with Gasteiger partial charge in [-0.15, -0.1) is 0 Å². The zero-order chi connectivity index (χ0) is 22.1. The lowest BCUT2D eigenvalue weighted by atomic mass is 9.81. The number of amides is 1. The van der Waals surface area contributed by atoms with E-state index in [-0.39, 0.29) is 17.9 Å². The van der Waals surface area contributed by atoms with Crippen molar-refractivity contribution in [2.24, 2.45) is 5.41 Å². The molecule has 0 bridgehead atoms. The van der Waals surface area contributed by atoms with Crippen LogP contribution in [0.2, 0.25) is 0 Å². The quantitative estimate of drug-likeness (QED) is 0.671. The van der Waals surface area contributed by atoms with E-state index >= 15 is 0 Å². The van der Waals surface area contributed by atoms with Gasteiger partial charge in [-0.25, -0.2) is 0 Å². The van der Waals surface area contributed by atoms with Crippen LogP contribution in [-0.2, 0) is 4.74 Å². The number of hydrogen-bond donors (Lipinski definition) is 2. The van der Waals surface area contributed by atoms with Crippen molar-refractivity contribution < 1.29 is 19.1 Å². The molecule has 1 amide bonds. The first kappa shape index (κ1) is 21.5. The summed E-state index contributed by atoms with van der Waals surface area (Å²) < 4.78 is 11.4. The lowest BCUT2D eigenvalue weighted by Crippen LogP contribution is -2.40. The van der Waals surface area contributed by atoms with Crippen molar-refractivity contribution in [1.82, 2.24) is 0 Å². The van der Waals surface area contributed by atoms with Crippen LogP contribution in [0.15, 0.2) is 34.7 Å². The van der Waals surface area contributed by atoms with Gasteiger partial charge in [-0.2, -0.15) is 0 Å². The number of piperidine rings is 1. The van der Waals surface area contributed by atoms with Gasteiger partial charge in [0.25, 0.3) is 5.91 Å². The molecule has 0 radical (unpaired) electrons. The van der Waals surface area contributed by atoms with Gasteiger partial charge in [-0.05, 0) is 79.7 Å². The van der Waals surface area contributed by atoms with Crippen LogP contribution in [-0.4, -0.2) is 43.9 Å². The number of benzene rings is 1. The maximum atomic E-state index is 13.1. The number of rotatable bonds is 6. The second kappa shape index (κ2) is 8.91. The molecule has 3 heterocycles. The minimum absolute atomic E-state index is 0.0113. The average Bonchev–Trinajstić information content (AvgIpc) is 3.56. The van der Waals surface area contributed by atoms with Gasteiger partial charge in [0.2, 0.25) is 0 Å². The first-order valence-electron chi connectivity index (χ1n) is 12.0. The Morgan fingerprint density at radius 1 is 1.09 bits per heavy atom. The Labute approximate surface area is 189 Å². The summed E-state index contributed by atoms with van der Waals surface area (Å²) in [6.07, 6.45) is 6.19. The molecular weight excluding hydrogens is 404 g/mol. The number of nitrogens with zero attached hydrogens (tertiary/aromatic N) is 1. The molecule has 1 aliphatic carbocycles. The van der Waals surface area contributed by atoms with Crippen molar-refractivity contribution in [3.05, 3.63) is 47.4 Å². The molecule has 6 heteroatoms. The van der Waals surface area contributed by atoms with Crippen molar-refractivity contribution in [2.45, 2.75) is 57.3 Å². The van der Waals surface area contributed by atoms with Gasteiger partial charge in [0, 0.05) is 38.8 Å². The number of carbonyl (C=O) groups excluding carboxylic acids is 1. The van der Waals surface area contributed by atoms with Crippen LogP contribution in [0.3, 0.4) is 0 Å². The van der Waals surface area contributed by atoms with E-state index in [9.17, 15) is 9.90 Å². The minimum atomic E-state index is -0.199. The average molecular weight is 439 g/mol. The SMILES string of the molecule is CC1(CO)CCN(c2ccc(C3CC3)cc2NC(=O)c2ccc(C3CCOCC3)o2)CC1. The highest BCUT2D eigenvalue weighted by Crippen LogP contribution is 2.43. The van der Waals surface area contributed by atoms with Crippen LogP contribution in [0, 0.1) is 5.41 Å². The number of ether oxygens (including phenoxy) is 1. The summed E-state index contributed by atoms with van der Waals surface area (Å²) in [5, 5.41) is 12.9. The maximum Gasteiger partial charge on any atom is 0.291 e. The topological polar surface area (TPSA) is 74.9 Å². The van der Waals surface area contributed by atoms with Gasteiger partial charge >= 0.3 is 0 Å². The standard InChI is InChI=1S/C26H34N2O4/c1-26(17-29)10-12-28(13-11-26)22-5-4-20(18-2-3-18)16-21(22)27-25(30)24-7-6-23(32-24)19-8-14-31-15-9-19/h4-7,16,18-19,29H,2-3,8-15,17H2,1H3,(H,27,30). The largest absolute Gasteiger partial charge is 0.456 e. The zero-order valence-corrected chi connectivity index (χ0v) is 18.9. The fourth-order valence-corrected chi connectivity index (χ4v) is 4.91. The van der Waals surface area contributed by atoms with Crippen LogP contribution in [0.4, 0.5) is 11.4 Å². The molecule has 0 spiro atoms. The van der Waals surface area contributed by atoms with E-state index in [0.717, 1.165) is 69.1 Å². The maximum absolute atomic E-state index is 13.1. The van der Waals surface area contributed by atoms with Crippen molar-refractivity contribution in [1.29, 1.82) is 0 Å². The summed E-state index contributed by atoms with van der Waals surface area (Å²) in [6, 6.07) is 10.2. The number of anilines is 2. The van der Waals surface area contributed by atoms with Crippen molar-refractivity contribution >= 4 is 17.3 Å². The lowest BCUT2D eigenvalue weighted by molar-refractivity contribution is 0.0799. The van der Waals surface area contributed by atoms with Crippen molar-refractivity contribution in [2.75, 3.05) is 43.1 Å². The molecule has 1 aromatic heterocycles. The number of furan rings is 1. The Morgan fingerprint density at radius 2 is 1.84 bits per heavy atom. The fourth-order valence-electron chi connectivity index (χ4n) is 4.91. The molecule has 6 nitrogen and oxygen atoms in total. The monoisotopic (exact) mass is 438 g/mol. The van der Waals surface area contributed by atoms with Crippen LogP contribution >= 0.6 is 0 Å². The number of hydrogen-bond acceptors (Lipinski definition) is 5. The molecule has 2 aromatic rings. The molecule has 2 aliphatic heterocycles. The summed E-state index contributed by atoms with van der Waals surface area (Å²) in [5.74, 6) is 1.98. The highest BCUT2D eigenvalue weighted by Gasteiger charge is 2.31. The predicted molar refractivity (Wildman–Crippen MR) is 125 cm³/mol. The molecule has 3 fully saturated rings. The molecular formula is C26H34N2O4.